The monoisotopic (exact) mass is 552 g/mol. The number of aliphatic hydroxyl groups excluding tert-OH is 1. The zero-order valence-corrected chi connectivity index (χ0v) is 22.9. The Hall–Kier alpha value is -3.60. The molecule has 0 radical (unpaired) electrons. The molecule has 2 aromatic carbocycles. The van der Waals surface area contributed by atoms with Crippen molar-refractivity contribution in [2.24, 2.45) is 7.05 Å². The van der Waals surface area contributed by atoms with Crippen molar-refractivity contribution in [1.82, 2.24) is 19.7 Å². The lowest BCUT2D eigenvalue weighted by molar-refractivity contribution is -0.0437. The van der Waals surface area contributed by atoms with Crippen molar-refractivity contribution in [3.05, 3.63) is 80.9 Å². The maximum absolute atomic E-state index is 15.2. The number of hydrogen-bond acceptors (Lipinski definition) is 6. The molecule has 40 heavy (non-hydrogen) atoms. The maximum atomic E-state index is 15.2. The molecule has 1 aliphatic carbocycles. The van der Waals surface area contributed by atoms with Crippen LogP contribution in [0.1, 0.15) is 41.8 Å². The van der Waals surface area contributed by atoms with E-state index in [4.69, 9.17) is 4.74 Å². The largest absolute Gasteiger partial charge is 0.489 e. The van der Waals surface area contributed by atoms with Crippen molar-refractivity contribution in [2.75, 3.05) is 20.3 Å². The van der Waals surface area contributed by atoms with Crippen LogP contribution in [-0.4, -0.2) is 44.8 Å². The van der Waals surface area contributed by atoms with E-state index in [2.05, 4.69) is 10.4 Å². The third kappa shape index (κ3) is 4.91. The number of pyridine rings is 1. The van der Waals surface area contributed by atoms with E-state index in [-0.39, 0.29) is 31.1 Å². The Balaban J connectivity index is 1.51. The minimum absolute atomic E-state index is 0.0532. The van der Waals surface area contributed by atoms with Crippen LogP contribution in [0.2, 0.25) is 0 Å². The van der Waals surface area contributed by atoms with Crippen LogP contribution in [0.4, 0.5) is 8.78 Å². The highest BCUT2D eigenvalue weighted by molar-refractivity contribution is 5.88. The molecule has 10 heteroatoms. The number of nitrogens with zero attached hydrogens (tertiary/aromatic N) is 3. The summed E-state index contributed by atoms with van der Waals surface area (Å²) in [6.07, 6.45) is 2.58. The molecule has 3 N–H and O–H groups in total. The zero-order valence-electron chi connectivity index (χ0n) is 22.9. The van der Waals surface area contributed by atoms with Gasteiger partial charge in [0.2, 0.25) is 5.82 Å². The van der Waals surface area contributed by atoms with Crippen LogP contribution in [0.5, 0.6) is 5.75 Å². The molecule has 0 unspecified atom stereocenters. The minimum atomic E-state index is -1.08. The first-order chi connectivity index (χ1) is 19.2. The summed E-state index contributed by atoms with van der Waals surface area (Å²) in [5.41, 5.74) is 3.53. The summed E-state index contributed by atoms with van der Waals surface area (Å²) in [4.78, 5) is 12.7. The van der Waals surface area contributed by atoms with Crippen LogP contribution in [0.3, 0.4) is 0 Å². The number of rotatable bonds is 10. The second-order valence-corrected chi connectivity index (χ2v) is 10.4. The van der Waals surface area contributed by atoms with Gasteiger partial charge >= 0.3 is 0 Å². The Morgan fingerprint density at radius 2 is 1.95 bits per heavy atom. The maximum Gasteiger partial charge on any atom is 0.251 e. The normalized spacial score (nSPS) is 14.5. The number of fused-ring (bicyclic) bond motifs is 1. The molecule has 5 rings (SSSR count). The topological polar surface area (TPSA) is 102 Å². The highest BCUT2D eigenvalue weighted by Gasteiger charge is 2.41. The predicted molar refractivity (Wildman–Crippen MR) is 148 cm³/mol. The Bertz CT molecular complexity index is 1620. The Morgan fingerprint density at radius 3 is 2.62 bits per heavy atom. The molecule has 1 aliphatic rings. The highest BCUT2D eigenvalue weighted by atomic mass is 19.2. The molecule has 2 aromatic heterocycles. The number of aryl methyl sites for hydroxylation is 1. The molecule has 0 bridgehead atoms. The average Bonchev–Trinajstić information content (AvgIpc) is 3.20. The van der Waals surface area contributed by atoms with Gasteiger partial charge in [-0.2, -0.15) is 9.49 Å². The van der Waals surface area contributed by atoms with Gasteiger partial charge in [0.25, 0.3) is 5.56 Å². The van der Waals surface area contributed by atoms with Gasteiger partial charge in [-0.05, 0) is 68.6 Å². The van der Waals surface area contributed by atoms with E-state index in [9.17, 15) is 19.4 Å². The van der Waals surface area contributed by atoms with Crippen molar-refractivity contribution in [1.29, 1.82) is 0 Å². The summed E-state index contributed by atoms with van der Waals surface area (Å²) < 4.78 is 38.7. The standard InChI is InChI=1S/C30H34F2N4O4/c1-18-21(29(34-35(18)3)30(39)10-4-11-30)9-14-40-28-22(6-7-24(31)27(28)32)19-5-8-25-23(15-19)20(17-33-2)16-26(38)36(25)12-13-37/h5-8,15-16,33,37,39H,4,9-14,17H2,1-3H3. The molecule has 0 atom stereocenters. The van der Waals surface area contributed by atoms with Gasteiger partial charge in [-0.25, -0.2) is 4.39 Å². The fourth-order valence-electron chi connectivity index (χ4n) is 5.52. The molecule has 2 heterocycles. The van der Waals surface area contributed by atoms with Gasteiger partial charge in [0, 0.05) is 54.8 Å². The number of aliphatic hydroxyl groups is 2. The second kappa shape index (κ2) is 11.1. The van der Waals surface area contributed by atoms with E-state index in [0.29, 0.717) is 48.1 Å². The molecule has 1 fully saturated rings. The summed E-state index contributed by atoms with van der Waals surface area (Å²) >= 11 is 0. The third-order valence-electron chi connectivity index (χ3n) is 7.93. The number of hydrogen-bond donors (Lipinski definition) is 3. The first-order valence-electron chi connectivity index (χ1n) is 13.5. The molecule has 1 saturated carbocycles. The first-order valence-corrected chi connectivity index (χ1v) is 13.5. The van der Waals surface area contributed by atoms with Crippen LogP contribution in [-0.2, 0) is 32.2 Å². The van der Waals surface area contributed by atoms with E-state index in [1.54, 1.807) is 23.9 Å². The number of halogens is 2. The molecule has 0 aliphatic heterocycles. The van der Waals surface area contributed by atoms with E-state index < -0.39 is 17.2 Å². The Kier molecular flexibility index (Phi) is 7.76. The van der Waals surface area contributed by atoms with Crippen molar-refractivity contribution >= 4 is 10.9 Å². The van der Waals surface area contributed by atoms with Crippen LogP contribution in [0.15, 0.2) is 41.2 Å². The molecule has 212 valence electrons. The summed E-state index contributed by atoms with van der Waals surface area (Å²) in [6, 6.07) is 9.37. The lowest BCUT2D eigenvalue weighted by Gasteiger charge is -2.35. The number of nitrogens with one attached hydrogen (secondary N) is 1. The van der Waals surface area contributed by atoms with E-state index in [1.165, 1.54) is 16.7 Å². The molecule has 0 saturated heterocycles. The molecular weight excluding hydrogens is 518 g/mol. The molecular formula is C30H34F2N4O4. The van der Waals surface area contributed by atoms with Crippen molar-refractivity contribution in [3.63, 3.8) is 0 Å². The van der Waals surface area contributed by atoms with Gasteiger partial charge in [0.05, 0.1) is 24.4 Å². The van der Waals surface area contributed by atoms with Gasteiger partial charge in [0.1, 0.15) is 5.60 Å². The van der Waals surface area contributed by atoms with Gasteiger partial charge in [-0.15, -0.1) is 0 Å². The van der Waals surface area contributed by atoms with Gasteiger partial charge in [-0.1, -0.05) is 6.07 Å². The third-order valence-corrected chi connectivity index (χ3v) is 7.93. The SMILES string of the molecule is CNCc1cc(=O)n(CCO)c2ccc(-c3ccc(F)c(F)c3OCCc3c(C4(O)CCC4)nn(C)c3C)cc12. The van der Waals surface area contributed by atoms with Crippen molar-refractivity contribution < 1.29 is 23.7 Å². The summed E-state index contributed by atoms with van der Waals surface area (Å²) in [5.74, 6) is -2.31. The van der Waals surface area contributed by atoms with Crippen LogP contribution >= 0.6 is 0 Å². The Morgan fingerprint density at radius 1 is 1.18 bits per heavy atom. The van der Waals surface area contributed by atoms with Crippen LogP contribution < -0.4 is 15.6 Å². The number of ether oxygens (including phenoxy) is 1. The molecule has 8 nitrogen and oxygen atoms in total. The summed E-state index contributed by atoms with van der Waals surface area (Å²) in [7, 11) is 3.59. The number of aromatic nitrogens is 3. The summed E-state index contributed by atoms with van der Waals surface area (Å²) in [6.45, 7) is 2.33. The van der Waals surface area contributed by atoms with E-state index in [1.807, 2.05) is 20.0 Å². The lowest BCUT2D eigenvalue weighted by Crippen LogP contribution is -2.35. The molecule has 0 amide bonds. The molecule has 0 spiro atoms. The van der Waals surface area contributed by atoms with Gasteiger partial charge < -0.3 is 24.8 Å². The van der Waals surface area contributed by atoms with Gasteiger partial charge in [0.15, 0.2) is 11.6 Å². The van der Waals surface area contributed by atoms with E-state index >= 15 is 4.39 Å². The van der Waals surface area contributed by atoms with E-state index in [0.717, 1.165) is 34.7 Å². The smallest absolute Gasteiger partial charge is 0.251 e. The van der Waals surface area contributed by atoms with Crippen molar-refractivity contribution in [3.8, 4) is 16.9 Å². The highest BCUT2D eigenvalue weighted by Crippen LogP contribution is 2.42. The fraction of sp³-hybridized carbons (Fsp3) is 0.400. The minimum Gasteiger partial charge on any atom is -0.489 e. The quantitative estimate of drug-likeness (QED) is 0.278. The predicted octanol–water partition coefficient (Wildman–Crippen LogP) is 3.69. The number of benzene rings is 2. The molecule has 4 aromatic rings. The Labute approximate surface area is 230 Å². The lowest BCUT2D eigenvalue weighted by atomic mass is 9.76. The fourth-order valence-corrected chi connectivity index (χ4v) is 5.52. The van der Waals surface area contributed by atoms with Crippen molar-refractivity contribution in [2.45, 2.75) is 51.3 Å². The van der Waals surface area contributed by atoms with Crippen LogP contribution in [0.25, 0.3) is 22.0 Å². The van der Waals surface area contributed by atoms with Crippen LogP contribution in [0, 0.1) is 18.6 Å². The second-order valence-electron chi connectivity index (χ2n) is 10.4. The summed E-state index contributed by atoms with van der Waals surface area (Å²) in [5, 5.41) is 28.8. The first kappa shape index (κ1) is 27.9. The average molecular weight is 553 g/mol. The zero-order chi connectivity index (χ0) is 28.6. The van der Waals surface area contributed by atoms with Gasteiger partial charge in [-0.3, -0.25) is 9.48 Å².